The number of benzene rings is 2. The first-order valence-electron chi connectivity index (χ1n) is 11.3. The molecule has 0 radical (unpaired) electrons. The quantitative estimate of drug-likeness (QED) is 0.258. The van der Waals surface area contributed by atoms with Crippen molar-refractivity contribution in [1.82, 2.24) is 4.98 Å². The standard InChI is InChI=1S/C26H28Cl2N2O2S.ClH/c1-4-24(20-9-10-20)30(14-18-5-7-19(8-6-18)15-32-17(3)31)26-29-25(16(2)33-26)22-12-11-21(27)13-23(22)28;/h5-8,11-13,20,24H,4,9-10,14-15H2,1-3H3;1H. The van der Waals surface area contributed by atoms with Crippen molar-refractivity contribution in [2.24, 2.45) is 5.92 Å². The average molecular weight is 540 g/mol. The molecular weight excluding hydrogens is 511 g/mol. The minimum atomic E-state index is -0.267. The Kier molecular flexibility index (Phi) is 9.27. The molecule has 3 aromatic rings. The van der Waals surface area contributed by atoms with E-state index in [9.17, 15) is 4.79 Å². The van der Waals surface area contributed by atoms with Gasteiger partial charge in [0.15, 0.2) is 5.13 Å². The number of carbonyl (C=O) groups is 1. The van der Waals surface area contributed by atoms with E-state index in [0.717, 1.165) is 39.8 Å². The Labute approximate surface area is 221 Å². The van der Waals surface area contributed by atoms with Gasteiger partial charge in [-0.05, 0) is 61.4 Å². The third-order valence-corrected chi connectivity index (χ3v) is 7.58. The second-order valence-corrected chi connectivity index (χ2v) is 10.6. The Morgan fingerprint density at radius 1 is 1.18 bits per heavy atom. The van der Waals surface area contributed by atoms with Gasteiger partial charge in [-0.2, -0.15) is 0 Å². The van der Waals surface area contributed by atoms with Gasteiger partial charge in [0.25, 0.3) is 0 Å². The highest BCUT2D eigenvalue weighted by Gasteiger charge is 2.35. The van der Waals surface area contributed by atoms with Gasteiger partial charge in [-0.3, -0.25) is 4.79 Å². The van der Waals surface area contributed by atoms with Gasteiger partial charge in [0.05, 0.1) is 10.7 Å². The molecule has 0 amide bonds. The molecule has 1 aliphatic rings. The highest BCUT2D eigenvalue weighted by Crippen LogP contribution is 2.42. The molecule has 182 valence electrons. The second-order valence-electron chi connectivity index (χ2n) is 8.56. The first kappa shape index (κ1) is 26.8. The number of thiazole rings is 1. The van der Waals surface area contributed by atoms with E-state index >= 15 is 0 Å². The Bertz CT molecular complexity index is 1130. The monoisotopic (exact) mass is 538 g/mol. The van der Waals surface area contributed by atoms with Crippen molar-refractivity contribution in [3.8, 4) is 11.3 Å². The molecule has 1 aromatic heterocycles. The highest BCUT2D eigenvalue weighted by atomic mass is 35.5. The van der Waals surface area contributed by atoms with E-state index in [1.807, 2.05) is 24.3 Å². The summed E-state index contributed by atoms with van der Waals surface area (Å²) in [6, 6.07) is 14.3. The summed E-state index contributed by atoms with van der Waals surface area (Å²) in [5.41, 5.74) is 4.03. The molecule has 1 aliphatic carbocycles. The van der Waals surface area contributed by atoms with Gasteiger partial charge in [-0.1, -0.05) is 54.4 Å². The topological polar surface area (TPSA) is 42.4 Å². The molecule has 8 heteroatoms. The lowest BCUT2D eigenvalue weighted by Gasteiger charge is -2.31. The number of hydrogen-bond acceptors (Lipinski definition) is 5. The van der Waals surface area contributed by atoms with E-state index < -0.39 is 0 Å². The van der Waals surface area contributed by atoms with Crippen molar-refractivity contribution >= 4 is 58.0 Å². The summed E-state index contributed by atoms with van der Waals surface area (Å²) >= 11 is 14.3. The fraction of sp³-hybridized carbons (Fsp3) is 0.385. The third kappa shape index (κ3) is 6.45. The largest absolute Gasteiger partial charge is 0.461 e. The number of rotatable bonds is 9. The van der Waals surface area contributed by atoms with E-state index in [1.54, 1.807) is 17.4 Å². The summed E-state index contributed by atoms with van der Waals surface area (Å²) in [4.78, 5) is 19.8. The number of aromatic nitrogens is 1. The summed E-state index contributed by atoms with van der Waals surface area (Å²) in [6.07, 6.45) is 3.62. The average Bonchev–Trinajstić information content (AvgIpc) is 3.55. The Morgan fingerprint density at radius 2 is 1.85 bits per heavy atom. The fourth-order valence-corrected chi connectivity index (χ4v) is 5.65. The highest BCUT2D eigenvalue weighted by molar-refractivity contribution is 7.16. The van der Waals surface area contributed by atoms with Crippen LogP contribution in [0.2, 0.25) is 10.0 Å². The summed E-state index contributed by atoms with van der Waals surface area (Å²) in [7, 11) is 0. The Hall–Kier alpha value is -1.79. The second kappa shape index (κ2) is 11.8. The van der Waals surface area contributed by atoms with Gasteiger partial charge in [0, 0.05) is 35.0 Å². The molecule has 0 bridgehead atoms. The van der Waals surface area contributed by atoms with Crippen LogP contribution in [0.15, 0.2) is 42.5 Å². The number of aryl methyl sites for hydroxylation is 1. The summed E-state index contributed by atoms with van der Waals surface area (Å²) in [5, 5.41) is 2.26. The lowest BCUT2D eigenvalue weighted by Crippen LogP contribution is -2.36. The zero-order chi connectivity index (χ0) is 23.5. The number of carbonyl (C=O) groups excluding carboxylic acids is 1. The van der Waals surface area contributed by atoms with Crippen LogP contribution in [0.4, 0.5) is 5.13 Å². The van der Waals surface area contributed by atoms with Crippen molar-refractivity contribution in [3.63, 3.8) is 0 Å². The fourth-order valence-electron chi connectivity index (χ4n) is 4.18. The van der Waals surface area contributed by atoms with Gasteiger partial charge >= 0.3 is 5.97 Å². The molecule has 2 aromatic carbocycles. The van der Waals surface area contributed by atoms with Crippen LogP contribution in [0.1, 0.15) is 49.1 Å². The lowest BCUT2D eigenvalue weighted by atomic mass is 10.1. The smallest absolute Gasteiger partial charge is 0.302 e. The third-order valence-electron chi connectivity index (χ3n) is 6.02. The molecule has 0 aliphatic heterocycles. The number of anilines is 1. The molecule has 4 nitrogen and oxygen atoms in total. The zero-order valence-electron chi connectivity index (χ0n) is 19.5. The van der Waals surface area contributed by atoms with Crippen molar-refractivity contribution in [1.29, 1.82) is 0 Å². The van der Waals surface area contributed by atoms with Crippen LogP contribution in [-0.2, 0) is 22.7 Å². The lowest BCUT2D eigenvalue weighted by molar-refractivity contribution is -0.142. The van der Waals surface area contributed by atoms with Gasteiger partial charge in [-0.25, -0.2) is 4.98 Å². The first-order chi connectivity index (χ1) is 15.9. The first-order valence-corrected chi connectivity index (χ1v) is 12.8. The van der Waals surface area contributed by atoms with Crippen LogP contribution in [-0.4, -0.2) is 17.0 Å². The number of ether oxygens (including phenoxy) is 1. The predicted octanol–water partition coefficient (Wildman–Crippen LogP) is 8.11. The molecule has 1 saturated carbocycles. The van der Waals surface area contributed by atoms with Crippen molar-refractivity contribution in [3.05, 3.63) is 68.5 Å². The van der Waals surface area contributed by atoms with Gasteiger partial charge < -0.3 is 9.64 Å². The molecule has 0 spiro atoms. The van der Waals surface area contributed by atoms with Crippen molar-refractivity contribution in [2.45, 2.75) is 59.2 Å². The molecule has 0 saturated heterocycles. The molecule has 1 unspecified atom stereocenters. The van der Waals surface area contributed by atoms with E-state index in [-0.39, 0.29) is 18.4 Å². The van der Waals surface area contributed by atoms with Gasteiger partial charge in [-0.15, -0.1) is 23.7 Å². The molecule has 1 fully saturated rings. The SMILES string of the molecule is CCC(C1CC1)N(Cc1ccc(COC(C)=O)cc1)c1nc(-c2ccc(Cl)cc2Cl)c(C)s1.Cl. The number of esters is 1. The van der Waals surface area contributed by atoms with Crippen LogP contribution in [0.5, 0.6) is 0 Å². The molecule has 0 N–H and O–H groups in total. The number of halogens is 3. The van der Waals surface area contributed by atoms with Gasteiger partial charge in [0.1, 0.15) is 6.61 Å². The predicted molar refractivity (Wildman–Crippen MR) is 144 cm³/mol. The van der Waals surface area contributed by atoms with Crippen LogP contribution in [0.3, 0.4) is 0 Å². The summed E-state index contributed by atoms with van der Waals surface area (Å²) in [6.45, 7) is 6.87. The molecular formula is C26H29Cl3N2O2S. The Balaban J connectivity index is 0.00000324. The van der Waals surface area contributed by atoms with Crippen LogP contribution >= 0.6 is 46.9 Å². The van der Waals surface area contributed by atoms with E-state index in [0.29, 0.717) is 28.6 Å². The maximum Gasteiger partial charge on any atom is 0.302 e. The van der Waals surface area contributed by atoms with Crippen LogP contribution in [0.25, 0.3) is 11.3 Å². The maximum absolute atomic E-state index is 11.1. The van der Waals surface area contributed by atoms with Crippen LogP contribution < -0.4 is 4.90 Å². The number of nitrogens with zero attached hydrogens (tertiary/aromatic N) is 2. The maximum atomic E-state index is 11.1. The number of hydrogen-bond donors (Lipinski definition) is 0. The van der Waals surface area contributed by atoms with E-state index in [4.69, 9.17) is 32.9 Å². The minimum Gasteiger partial charge on any atom is -0.461 e. The van der Waals surface area contributed by atoms with Crippen molar-refractivity contribution < 1.29 is 9.53 Å². The van der Waals surface area contributed by atoms with Crippen LogP contribution in [0, 0.1) is 12.8 Å². The molecule has 4 rings (SSSR count). The molecule has 34 heavy (non-hydrogen) atoms. The minimum absolute atomic E-state index is 0. The van der Waals surface area contributed by atoms with Gasteiger partial charge in [0.2, 0.25) is 0 Å². The Morgan fingerprint density at radius 3 is 2.44 bits per heavy atom. The van der Waals surface area contributed by atoms with E-state index in [1.165, 1.54) is 25.3 Å². The van der Waals surface area contributed by atoms with E-state index in [2.05, 4.69) is 30.9 Å². The zero-order valence-corrected chi connectivity index (χ0v) is 22.7. The molecule has 1 atom stereocenters. The summed E-state index contributed by atoms with van der Waals surface area (Å²) in [5.74, 6) is 0.446. The normalized spacial score (nSPS) is 13.8. The molecule has 1 heterocycles. The summed E-state index contributed by atoms with van der Waals surface area (Å²) < 4.78 is 5.11. The van der Waals surface area contributed by atoms with Crippen molar-refractivity contribution in [2.75, 3.05) is 4.90 Å².